The largest absolute Gasteiger partial charge is 0.396 e. The quantitative estimate of drug-likeness (QED) is 0.382. The molecule has 11 nitrogen and oxygen atoms in total. The number of aliphatic hydroxyl groups excluding tert-OH is 2. The Labute approximate surface area is 178 Å². The van der Waals surface area contributed by atoms with Gasteiger partial charge in [0.2, 0.25) is 0 Å². The van der Waals surface area contributed by atoms with E-state index in [1.807, 2.05) is 0 Å². The van der Waals surface area contributed by atoms with Crippen LogP contribution in [0.25, 0.3) is 0 Å². The third-order valence-corrected chi connectivity index (χ3v) is 4.97. The van der Waals surface area contributed by atoms with Crippen molar-refractivity contribution < 1.29 is 14.9 Å². The van der Waals surface area contributed by atoms with Crippen LogP contribution in [0.5, 0.6) is 0 Å². The molecule has 0 saturated heterocycles. The first-order valence-electron chi connectivity index (χ1n) is 10.2. The zero-order chi connectivity index (χ0) is 23.0. The Kier molecular flexibility index (Phi) is 9.16. The Balaban J connectivity index is 2.02. The molecule has 0 fully saturated rings. The highest BCUT2D eigenvalue weighted by molar-refractivity contribution is 5.01. The van der Waals surface area contributed by atoms with Gasteiger partial charge in [-0.1, -0.05) is 0 Å². The average molecular weight is 438 g/mol. The number of hydrogen-bond acceptors (Lipinski definition) is 7. The number of nitrogens with zero attached hydrogens (tertiary/aromatic N) is 4. The van der Waals surface area contributed by atoms with Crippen molar-refractivity contribution in [1.82, 2.24) is 18.3 Å². The molecule has 2 aromatic rings. The van der Waals surface area contributed by atoms with Gasteiger partial charge in [-0.05, 0) is 26.7 Å². The van der Waals surface area contributed by atoms with Gasteiger partial charge in [0, 0.05) is 49.8 Å². The summed E-state index contributed by atoms with van der Waals surface area (Å²) in [5, 5.41) is 18.0. The Morgan fingerprint density at radius 1 is 0.677 bits per heavy atom. The van der Waals surface area contributed by atoms with Crippen molar-refractivity contribution in [3.63, 3.8) is 0 Å². The molecule has 11 heteroatoms. The zero-order valence-corrected chi connectivity index (χ0v) is 18.0. The van der Waals surface area contributed by atoms with E-state index in [-0.39, 0.29) is 39.5 Å². The van der Waals surface area contributed by atoms with Crippen LogP contribution in [0.3, 0.4) is 0 Å². The van der Waals surface area contributed by atoms with Crippen molar-refractivity contribution in [1.29, 1.82) is 0 Å². The molecule has 0 amide bonds. The third kappa shape index (κ3) is 6.12. The second kappa shape index (κ2) is 11.6. The van der Waals surface area contributed by atoms with E-state index < -0.39 is 22.5 Å². The van der Waals surface area contributed by atoms with Gasteiger partial charge in [-0.3, -0.25) is 27.9 Å². The molecule has 0 bridgehead atoms. The maximum absolute atomic E-state index is 12.5. The Hall–Kier alpha value is -2.76. The molecule has 0 aromatic carbocycles. The van der Waals surface area contributed by atoms with Gasteiger partial charge in [-0.15, -0.1) is 0 Å². The molecule has 0 atom stereocenters. The van der Waals surface area contributed by atoms with Crippen LogP contribution >= 0.6 is 0 Å². The monoisotopic (exact) mass is 438 g/mol. The summed E-state index contributed by atoms with van der Waals surface area (Å²) < 4.78 is 10.4. The van der Waals surface area contributed by atoms with Gasteiger partial charge in [0.25, 0.3) is 11.1 Å². The van der Waals surface area contributed by atoms with E-state index in [1.54, 1.807) is 13.8 Å². The topological polar surface area (TPSA) is 138 Å². The fraction of sp³-hybridized carbons (Fsp3) is 0.600. The standard InChI is InChI=1S/C20H30N4O7/c1-15-13-17(27)23(19(29)21(15)5-3-9-25)7-11-31-12-8-24-18(28)14-16(2)22(20(24)30)6-4-10-26/h13-14,25-26H,3-12H2,1-2H3. The van der Waals surface area contributed by atoms with Gasteiger partial charge in [0.1, 0.15) is 0 Å². The predicted octanol–water partition coefficient (Wildman–Crippen LogP) is -1.57. The minimum atomic E-state index is -0.469. The van der Waals surface area contributed by atoms with Gasteiger partial charge in [0.15, 0.2) is 0 Å². The molecule has 0 spiro atoms. The molecule has 0 aliphatic carbocycles. The number of aryl methyl sites for hydroxylation is 2. The number of hydrogen-bond donors (Lipinski definition) is 2. The van der Waals surface area contributed by atoms with E-state index in [2.05, 4.69) is 0 Å². The van der Waals surface area contributed by atoms with E-state index in [0.29, 0.717) is 37.3 Å². The molecule has 31 heavy (non-hydrogen) atoms. The van der Waals surface area contributed by atoms with Crippen LogP contribution in [0.4, 0.5) is 0 Å². The number of aliphatic hydroxyl groups is 2. The molecule has 0 aliphatic rings. The van der Waals surface area contributed by atoms with Crippen LogP contribution in [0, 0.1) is 13.8 Å². The highest BCUT2D eigenvalue weighted by Gasteiger charge is 2.10. The van der Waals surface area contributed by atoms with Gasteiger partial charge < -0.3 is 14.9 Å². The van der Waals surface area contributed by atoms with Gasteiger partial charge >= 0.3 is 11.4 Å². The Bertz CT molecular complexity index is 1020. The number of ether oxygens (including phenoxy) is 1. The highest BCUT2D eigenvalue weighted by atomic mass is 16.5. The normalized spacial score (nSPS) is 11.2. The van der Waals surface area contributed by atoms with E-state index in [4.69, 9.17) is 14.9 Å². The summed E-state index contributed by atoms with van der Waals surface area (Å²) >= 11 is 0. The van der Waals surface area contributed by atoms with Crippen molar-refractivity contribution in [2.24, 2.45) is 0 Å². The van der Waals surface area contributed by atoms with Crippen LogP contribution in [0.1, 0.15) is 24.2 Å². The van der Waals surface area contributed by atoms with Crippen LogP contribution in [-0.2, 0) is 30.9 Å². The van der Waals surface area contributed by atoms with E-state index in [1.165, 1.54) is 21.3 Å². The molecule has 0 unspecified atom stereocenters. The maximum atomic E-state index is 12.5. The SMILES string of the molecule is Cc1cc(=O)n(CCOCCn2c(=O)cc(C)n(CCCO)c2=O)c(=O)n1CCCO. The number of aromatic nitrogens is 4. The summed E-state index contributed by atoms with van der Waals surface area (Å²) in [6.45, 7) is 3.97. The van der Waals surface area contributed by atoms with Crippen LogP contribution in [-0.4, -0.2) is 54.9 Å². The second-order valence-electron chi connectivity index (χ2n) is 7.19. The fourth-order valence-electron chi connectivity index (χ4n) is 3.28. The van der Waals surface area contributed by atoms with Crippen molar-refractivity contribution in [2.75, 3.05) is 26.4 Å². The summed E-state index contributed by atoms with van der Waals surface area (Å²) in [5.41, 5.74) is -0.762. The third-order valence-electron chi connectivity index (χ3n) is 4.97. The lowest BCUT2D eigenvalue weighted by Crippen LogP contribution is -2.42. The van der Waals surface area contributed by atoms with Crippen LogP contribution < -0.4 is 22.5 Å². The lowest BCUT2D eigenvalue weighted by Gasteiger charge is -2.14. The van der Waals surface area contributed by atoms with Crippen LogP contribution in [0.15, 0.2) is 31.3 Å². The number of rotatable bonds is 12. The van der Waals surface area contributed by atoms with E-state index in [0.717, 1.165) is 9.13 Å². The molecule has 2 N–H and O–H groups in total. The van der Waals surface area contributed by atoms with Crippen LogP contribution in [0.2, 0.25) is 0 Å². The molecule has 0 saturated carbocycles. The Morgan fingerprint density at radius 2 is 1.06 bits per heavy atom. The highest BCUT2D eigenvalue weighted by Crippen LogP contribution is 1.95. The molecule has 2 rings (SSSR count). The lowest BCUT2D eigenvalue weighted by molar-refractivity contribution is 0.115. The Morgan fingerprint density at radius 3 is 1.42 bits per heavy atom. The van der Waals surface area contributed by atoms with Crippen molar-refractivity contribution in [2.45, 2.75) is 52.9 Å². The molecular formula is C20H30N4O7. The molecule has 0 radical (unpaired) electrons. The predicted molar refractivity (Wildman–Crippen MR) is 114 cm³/mol. The fourth-order valence-corrected chi connectivity index (χ4v) is 3.28. The molecule has 0 aliphatic heterocycles. The van der Waals surface area contributed by atoms with E-state index >= 15 is 0 Å². The van der Waals surface area contributed by atoms with Gasteiger partial charge in [-0.25, -0.2) is 9.59 Å². The van der Waals surface area contributed by atoms with Crippen molar-refractivity contribution in [3.8, 4) is 0 Å². The minimum Gasteiger partial charge on any atom is -0.396 e. The first-order valence-corrected chi connectivity index (χ1v) is 10.2. The first kappa shape index (κ1) is 24.5. The molecule has 172 valence electrons. The summed E-state index contributed by atoms with van der Waals surface area (Å²) in [7, 11) is 0. The molecule has 2 heterocycles. The van der Waals surface area contributed by atoms with Gasteiger partial charge in [0.05, 0.1) is 26.3 Å². The minimum absolute atomic E-state index is 0.0284. The molecule has 2 aromatic heterocycles. The van der Waals surface area contributed by atoms with Crippen molar-refractivity contribution >= 4 is 0 Å². The first-order chi connectivity index (χ1) is 14.8. The van der Waals surface area contributed by atoms with E-state index in [9.17, 15) is 19.2 Å². The lowest BCUT2D eigenvalue weighted by atomic mass is 10.3. The molecular weight excluding hydrogens is 408 g/mol. The van der Waals surface area contributed by atoms with Crippen molar-refractivity contribution in [3.05, 3.63) is 65.2 Å². The summed E-state index contributed by atoms with van der Waals surface area (Å²) in [4.78, 5) is 49.4. The smallest absolute Gasteiger partial charge is 0.331 e. The summed E-state index contributed by atoms with van der Waals surface area (Å²) in [6, 6.07) is 2.72. The second-order valence-corrected chi connectivity index (χ2v) is 7.19. The maximum Gasteiger partial charge on any atom is 0.331 e. The summed E-state index contributed by atoms with van der Waals surface area (Å²) in [5.74, 6) is 0. The summed E-state index contributed by atoms with van der Waals surface area (Å²) in [6.07, 6.45) is 0.799. The van der Waals surface area contributed by atoms with Gasteiger partial charge in [-0.2, -0.15) is 0 Å². The average Bonchev–Trinajstić information content (AvgIpc) is 2.71. The zero-order valence-electron chi connectivity index (χ0n) is 18.0.